The van der Waals surface area contributed by atoms with Crippen molar-refractivity contribution in [2.24, 2.45) is 0 Å². The van der Waals surface area contributed by atoms with Crippen LogP contribution >= 0.6 is 34.7 Å². The van der Waals surface area contributed by atoms with Crippen LogP contribution in [0, 0.1) is 0 Å². The van der Waals surface area contributed by atoms with E-state index in [1.807, 2.05) is 44.2 Å². The van der Waals surface area contributed by atoms with E-state index in [1.54, 1.807) is 30.3 Å². The minimum atomic E-state index is -0.996. The van der Waals surface area contributed by atoms with Crippen molar-refractivity contribution in [3.8, 4) is 17.2 Å². The molecule has 4 aromatic rings. The van der Waals surface area contributed by atoms with Gasteiger partial charge in [-0.3, -0.25) is 14.5 Å². The van der Waals surface area contributed by atoms with E-state index in [9.17, 15) is 14.7 Å². The zero-order valence-corrected chi connectivity index (χ0v) is 29.3. The Balaban J connectivity index is 1.39. The second-order valence-corrected chi connectivity index (χ2v) is 14.2. The molecule has 2 atom stereocenters. The van der Waals surface area contributed by atoms with Crippen molar-refractivity contribution < 1.29 is 28.9 Å². The molecule has 48 heavy (non-hydrogen) atoms. The van der Waals surface area contributed by atoms with Crippen molar-refractivity contribution in [2.45, 2.75) is 68.7 Å². The number of carbonyl (C=O) groups is 2. The number of anilines is 1. The highest BCUT2D eigenvalue weighted by Crippen LogP contribution is 2.46. The number of unbranched alkanes of at least 4 members (excludes halogenated alkanes) is 2. The van der Waals surface area contributed by atoms with Crippen LogP contribution in [-0.4, -0.2) is 46.3 Å². The van der Waals surface area contributed by atoms with Gasteiger partial charge in [-0.1, -0.05) is 72.7 Å². The Morgan fingerprint density at radius 1 is 1.04 bits per heavy atom. The number of halogens is 1. The molecule has 3 heterocycles. The van der Waals surface area contributed by atoms with Crippen molar-refractivity contribution in [3.05, 3.63) is 93.5 Å². The molecule has 9 nitrogen and oxygen atoms in total. The van der Waals surface area contributed by atoms with Gasteiger partial charge in [-0.25, -0.2) is 0 Å². The number of thioether (sulfide) groups is 1. The molecule has 1 amide bonds. The van der Waals surface area contributed by atoms with Gasteiger partial charge in [-0.05, 0) is 79.4 Å². The van der Waals surface area contributed by atoms with Gasteiger partial charge in [0.1, 0.15) is 17.6 Å². The maximum atomic E-state index is 13.8. The fraction of sp³-hybridized carbons (Fsp3) is 0.333. The first-order chi connectivity index (χ1) is 23.3. The summed E-state index contributed by atoms with van der Waals surface area (Å²) in [6.07, 6.45) is 3.71. The average molecular weight is 706 g/mol. The molecule has 6 rings (SSSR count). The average Bonchev–Trinajstić information content (AvgIpc) is 3.77. The molecule has 0 radical (unpaired) electrons. The Kier molecular flexibility index (Phi) is 10.6. The van der Waals surface area contributed by atoms with E-state index in [2.05, 4.69) is 17.1 Å². The van der Waals surface area contributed by atoms with E-state index < -0.39 is 17.7 Å². The lowest BCUT2D eigenvalue weighted by atomic mass is 9.94. The van der Waals surface area contributed by atoms with Crippen LogP contribution in [0.3, 0.4) is 0 Å². The summed E-state index contributed by atoms with van der Waals surface area (Å²) in [5.41, 5.74) is 2.91. The SMILES string of the molecule is CCCCCOc1ccc([C@@H]2/C(=C(\O)c3ccc4c(c3)C[C@H](C)O4)C(=O)C(=O)N2c2nnc(SCc3ccc(Cl)cc3)s2)cc1OCC. The maximum Gasteiger partial charge on any atom is 0.301 e. The Morgan fingerprint density at radius 3 is 2.62 bits per heavy atom. The molecular weight excluding hydrogens is 670 g/mol. The third kappa shape index (κ3) is 7.18. The summed E-state index contributed by atoms with van der Waals surface area (Å²) in [6.45, 7) is 6.90. The number of ketones is 1. The standard InChI is InChI=1S/C36H36ClN3O6S2/c1-4-6-7-16-45-28-15-10-23(19-29(28)44-5-2)31-30(32(41)24-11-14-27-25(18-24)17-21(3)46-27)33(42)34(43)40(31)35-38-39-36(48-35)47-20-22-8-12-26(37)13-9-22/h8-15,18-19,21,31,41H,4-7,16-17,20H2,1-3H3/b32-30+/t21-,31+/m0/s1. The number of ether oxygens (including phenoxy) is 3. The van der Waals surface area contributed by atoms with Crippen LogP contribution in [0.1, 0.15) is 68.3 Å². The van der Waals surface area contributed by atoms with Gasteiger partial charge in [0.15, 0.2) is 15.8 Å². The van der Waals surface area contributed by atoms with Gasteiger partial charge in [0.2, 0.25) is 5.13 Å². The Labute approximate surface area is 292 Å². The largest absolute Gasteiger partial charge is 0.507 e. The molecule has 0 spiro atoms. The number of nitrogens with zero attached hydrogens (tertiary/aromatic N) is 3. The highest BCUT2D eigenvalue weighted by Gasteiger charge is 2.48. The summed E-state index contributed by atoms with van der Waals surface area (Å²) in [7, 11) is 0. The molecule has 250 valence electrons. The smallest absolute Gasteiger partial charge is 0.301 e. The first kappa shape index (κ1) is 33.8. The third-order valence-electron chi connectivity index (χ3n) is 8.08. The topological polar surface area (TPSA) is 111 Å². The van der Waals surface area contributed by atoms with Gasteiger partial charge in [0, 0.05) is 22.8 Å². The number of fused-ring (bicyclic) bond motifs is 1. The number of rotatable bonds is 13. The van der Waals surface area contributed by atoms with Crippen molar-refractivity contribution in [1.82, 2.24) is 10.2 Å². The first-order valence-electron chi connectivity index (χ1n) is 16.0. The molecule has 12 heteroatoms. The van der Waals surface area contributed by atoms with Crippen LogP contribution < -0.4 is 19.1 Å². The van der Waals surface area contributed by atoms with Crippen molar-refractivity contribution >= 4 is 57.3 Å². The fourth-order valence-corrected chi connectivity index (χ4v) is 7.72. The molecule has 1 fully saturated rings. The summed E-state index contributed by atoms with van der Waals surface area (Å²) in [6, 6.07) is 17.2. The molecule has 1 N–H and O–H groups in total. The summed E-state index contributed by atoms with van der Waals surface area (Å²) >= 11 is 8.71. The molecule has 2 aliphatic heterocycles. The number of hydrogen-bond acceptors (Lipinski definition) is 10. The molecule has 0 saturated carbocycles. The van der Waals surface area contributed by atoms with E-state index in [4.69, 9.17) is 25.8 Å². The monoisotopic (exact) mass is 705 g/mol. The summed E-state index contributed by atoms with van der Waals surface area (Å²) < 4.78 is 18.5. The Hall–Kier alpha value is -4.06. The van der Waals surface area contributed by atoms with E-state index in [0.717, 1.165) is 36.1 Å². The molecule has 3 aromatic carbocycles. The lowest BCUT2D eigenvalue weighted by molar-refractivity contribution is -0.132. The van der Waals surface area contributed by atoms with Crippen LogP contribution in [0.4, 0.5) is 5.13 Å². The predicted octanol–water partition coefficient (Wildman–Crippen LogP) is 8.40. The molecule has 0 bridgehead atoms. The normalized spacial score (nSPS) is 18.2. The van der Waals surface area contributed by atoms with Gasteiger partial charge in [-0.2, -0.15) is 0 Å². The third-order valence-corrected chi connectivity index (χ3v) is 10.5. The highest BCUT2D eigenvalue weighted by molar-refractivity contribution is 8.00. The van der Waals surface area contributed by atoms with E-state index in [0.29, 0.717) is 57.4 Å². The minimum Gasteiger partial charge on any atom is -0.507 e. The van der Waals surface area contributed by atoms with Crippen LogP contribution in [0.2, 0.25) is 5.02 Å². The number of aliphatic hydroxyl groups is 1. The quantitative estimate of drug-likeness (QED) is 0.0366. The van der Waals surface area contributed by atoms with E-state index in [1.165, 1.54) is 28.0 Å². The number of Topliss-reactive ketones (excluding diaryl/α,β-unsaturated/α-hetero) is 1. The number of carbonyl (C=O) groups excluding carboxylic acids is 2. The van der Waals surface area contributed by atoms with E-state index in [-0.39, 0.29) is 22.6 Å². The number of benzene rings is 3. The molecule has 2 aliphatic rings. The number of hydrogen-bond donors (Lipinski definition) is 1. The number of amides is 1. The first-order valence-corrected chi connectivity index (χ1v) is 18.2. The Morgan fingerprint density at radius 2 is 1.85 bits per heavy atom. The summed E-state index contributed by atoms with van der Waals surface area (Å²) in [5, 5.41) is 21.3. The second kappa shape index (κ2) is 15.0. The van der Waals surface area contributed by atoms with Crippen LogP contribution in [0.5, 0.6) is 17.2 Å². The summed E-state index contributed by atoms with van der Waals surface area (Å²) in [4.78, 5) is 29.0. The molecule has 1 aromatic heterocycles. The number of aromatic nitrogens is 2. The van der Waals surface area contributed by atoms with Crippen LogP contribution in [0.25, 0.3) is 5.76 Å². The fourth-order valence-electron chi connectivity index (χ4n) is 5.77. The lowest BCUT2D eigenvalue weighted by Gasteiger charge is -2.23. The lowest BCUT2D eigenvalue weighted by Crippen LogP contribution is -2.29. The van der Waals surface area contributed by atoms with Crippen LogP contribution in [-0.2, 0) is 21.8 Å². The molecule has 0 aliphatic carbocycles. The van der Waals surface area contributed by atoms with Crippen molar-refractivity contribution in [3.63, 3.8) is 0 Å². The zero-order chi connectivity index (χ0) is 33.8. The van der Waals surface area contributed by atoms with Gasteiger partial charge < -0.3 is 19.3 Å². The molecule has 1 saturated heterocycles. The minimum absolute atomic E-state index is 0.00632. The second-order valence-electron chi connectivity index (χ2n) is 11.6. The summed E-state index contributed by atoms with van der Waals surface area (Å²) in [5.74, 6) is 0.517. The van der Waals surface area contributed by atoms with Gasteiger partial charge >= 0.3 is 5.91 Å². The maximum absolute atomic E-state index is 13.8. The van der Waals surface area contributed by atoms with E-state index >= 15 is 0 Å². The zero-order valence-electron chi connectivity index (χ0n) is 26.9. The van der Waals surface area contributed by atoms with Crippen LogP contribution in [0.15, 0.2) is 70.6 Å². The molecular formula is C36H36ClN3O6S2. The highest BCUT2D eigenvalue weighted by atomic mass is 35.5. The molecule has 0 unspecified atom stereocenters. The predicted molar refractivity (Wildman–Crippen MR) is 189 cm³/mol. The van der Waals surface area contributed by atoms with Crippen molar-refractivity contribution in [2.75, 3.05) is 18.1 Å². The Bertz CT molecular complexity index is 1840. The van der Waals surface area contributed by atoms with Gasteiger partial charge in [-0.15, -0.1) is 10.2 Å². The number of aliphatic hydroxyl groups excluding tert-OH is 1. The van der Waals surface area contributed by atoms with Crippen molar-refractivity contribution in [1.29, 1.82) is 0 Å². The van der Waals surface area contributed by atoms with Gasteiger partial charge in [0.25, 0.3) is 5.78 Å². The van der Waals surface area contributed by atoms with Gasteiger partial charge in [0.05, 0.1) is 24.8 Å².